The number of nitrogens with two attached hydrogens (primary N) is 1. The molecule has 0 saturated heterocycles. The molecule has 0 atom stereocenters. The summed E-state index contributed by atoms with van der Waals surface area (Å²) in [5.41, 5.74) is 8.11. The molecule has 2 aromatic carbocycles. The predicted octanol–water partition coefficient (Wildman–Crippen LogP) is 5.18. The lowest BCUT2D eigenvalue weighted by Crippen LogP contribution is -2.12. The molecule has 3 aromatic rings. The molecule has 0 aliphatic carbocycles. The maximum atomic E-state index is 12.6. The van der Waals surface area contributed by atoms with Crippen molar-refractivity contribution < 1.29 is 22.7 Å². The molecule has 0 radical (unpaired) electrons. The molecule has 8 heteroatoms. The van der Waals surface area contributed by atoms with Gasteiger partial charge in [0.1, 0.15) is 12.4 Å². The van der Waals surface area contributed by atoms with Crippen LogP contribution < -0.4 is 10.5 Å². The van der Waals surface area contributed by atoms with Crippen molar-refractivity contribution in [1.29, 1.82) is 0 Å². The van der Waals surface area contributed by atoms with E-state index in [-0.39, 0.29) is 19.0 Å². The predicted molar refractivity (Wildman–Crippen MR) is 106 cm³/mol. The zero-order valence-electron chi connectivity index (χ0n) is 15.4. The fraction of sp³-hybridized carbons (Fsp3) is 0.143. The minimum Gasteiger partial charge on any atom is -0.489 e. The Morgan fingerprint density at radius 1 is 1.07 bits per heavy atom. The van der Waals surface area contributed by atoms with Crippen LogP contribution in [0.3, 0.4) is 0 Å². The summed E-state index contributed by atoms with van der Waals surface area (Å²) in [6, 6.07) is 13.4. The van der Waals surface area contributed by atoms with Crippen LogP contribution in [-0.4, -0.2) is 10.9 Å². The third-order valence-electron chi connectivity index (χ3n) is 4.20. The average molecular weight is 423 g/mol. The van der Waals surface area contributed by atoms with Crippen LogP contribution in [0.2, 0.25) is 0 Å². The molecule has 1 heterocycles. The van der Waals surface area contributed by atoms with Gasteiger partial charge in [0.2, 0.25) is 5.91 Å². The van der Waals surface area contributed by atoms with Gasteiger partial charge in [0.15, 0.2) is 0 Å². The monoisotopic (exact) mass is 422 g/mol. The van der Waals surface area contributed by atoms with E-state index in [0.29, 0.717) is 17.0 Å². The van der Waals surface area contributed by atoms with Crippen molar-refractivity contribution in [3.8, 4) is 17.0 Å². The Hall–Kier alpha value is -3.06. The van der Waals surface area contributed by atoms with Crippen LogP contribution in [0, 0.1) is 6.92 Å². The molecule has 4 nitrogen and oxygen atoms in total. The fourth-order valence-electron chi connectivity index (χ4n) is 2.73. The van der Waals surface area contributed by atoms with Gasteiger partial charge in [0.05, 0.1) is 11.3 Å². The number of aryl methyl sites for hydroxylation is 1. The first-order valence-electron chi connectivity index (χ1n) is 8.40. The zero-order chi connectivity index (χ0) is 20.3. The number of ether oxygens (including phenoxy) is 1. The molecule has 1 aromatic heterocycles. The summed E-state index contributed by atoms with van der Waals surface area (Å²) in [6.45, 7) is 1.97. The number of aromatic nitrogens is 1. The lowest BCUT2D eigenvalue weighted by Gasteiger charge is -2.10. The van der Waals surface area contributed by atoms with Crippen LogP contribution in [0.5, 0.6) is 5.75 Å². The van der Waals surface area contributed by atoms with Crippen LogP contribution in [0.4, 0.5) is 13.2 Å². The van der Waals surface area contributed by atoms with Gasteiger partial charge in [-0.15, -0.1) is 12.4 Å². The molecule has 2 N–H and O–H groups in total. The molecule has 0 spiro atoms. The maximum absolute atomic E-state index is 12.6. The molecular formula is C21H18ClF3N2O2. The first-order valence-corrected chi connectivity index (χ1v) is 8.40. The Bertz CT molecular complexity index is 1010. The van der Waals surface area contributed by atoms with E-state index in [1.165, 1.54) is 12.1 Å². The van der Waals surface area contributed by atoms with E-state index in [1.54, 1.807) is 31.3 Å². The second-order valence-electron chi connectivity index (χ2n) is 6.25. The summed E-state index contributed by atoms with van der Waals surface area (Å²) in [4.78, 5) is 15.7. The number of benzene rings is 2. The highest BCUT2D eigenvalue weighted by Crippen LogP contribution is 2.30. The number of carbonyl (C=O) groups excluding carboxylic acids is 1. The standard InChI is InChI=1S/C21H17F3N2O2.ClH/c1-13-10-15(2-7-18(13)20(25)27)19-11-14(8-9-26-19)12-28-17-5-3-16(4-6-17)21(22,23)24;/h2-11H,12H2,1H3,(H2,25,27);1H. The second kappa shape index (κ2) is 8.96. The maximum Gasteiger partial charge on any atom is 0.416 e. The summed E-state index contributed by atoms with van der Waals surface area (Å²) in [5.74, 6) is -0.149. The normalized spacial score (nSPS) is 10.9. The Morgan fingerprint density at radius 2 is 1.76 bits per heavy atom. The van der Waals surface area contributed by atoms with E-state index in [2.05, 4.69) is 4.98 Å². The molecule has 0 aliphatic heterocycles. The first kappa shape index (κ1) is 22.2. The molecule has 29 heavy (non-hydrogen) atoms. The molecule has 0 fully saturated rings. The van der Waals surface area contributed by atoms with Crippen molar-refractivity contribution >= 4 is 18.3 Å². The molecule has 0 aliphatic rings. The number of halogens is 4. The van der Waals surface area contributed by atoms with E-state index >= 15 is 0 Å². The number of rotatable bonds is 5. The quantitative estimate of drug-likeness (QED) is 0.616. The number of alkyl halides is 3. The van der Waals surface area contributed by atoms with Gasteiger partial charge in [-0.2, -0.15) is 13.2 Å². The zero-order valence-corrected chi connectivity index (χ0v) is 16.2. The summed E-state index contributed by atoms with van der Waals surface area (Å²) >= 11 is 0. The van der Waals surface area contributed by atoms with Crippen LogP contribution in [0.25, 0.3) is 11.3 Å². The van der Waals surface area contributed by atoms with Gasteiger partial charge in [0.25, 0.3) is 0 Å². The molecular weight excluding hydrogens is 405 g/mol. The number of carbonyl (C=O) groups is 1. The van der Waals surface area contributed by atoms with Gasteiger partial charge < -0.3 is 10.5 Å². The fourth-order valence-corrected chi connectivity index (χ4v) is 2.73. The van der Waals surface area contributed by atoms with E-state index < -0.39 is 17.6 Å². The summed E-state index contributed by atoms with van der Waals surface area (Å²) in [6.07, 6.45) is -2.75. The molecule has 3 rings (SSSR count). The van der Waals surface area contributed by atoms with E-state index in [1.807, 2.05) is 12.1 Å². The Morgan fingerprint density at radius 3 is 2.34 bits per heavy atom. The van der Waals surface area contributed by atoms with Gasteiger partial charge in [0, 0.05) is 17.3 Å². The van der Waals surface area contributed by atoms with Gasteiger partial charge >= 0.3 is 6.18 Å². The lowest BCUT2D eigenvalue weighted by molar-refractivity contribution is -0.137. The number of pyridine rings is 1. The number of amides is 1. The van der Waals surface area contributed by atoms with Crippen LogP contribution in [-0.2, 0) is 12.8 Å². The third-order valence-corrected chi connectivity index (χ3v) is 4.20. The van der Waals surface area contributed by atoms with Crippen LogP contribution in [0.15, 0.2) is 60.8 Å². The van der Waals surface area contributed by atoms with Crippen molar-refractivity contribution in [2.45, 2.75) is 19.7 Å². The number of primary amides is 1. The third kappa shape index (κ3) is 5.48. The van der Waals surface area contributed by atoms with Gasteiger partial charge in [-0.05, 0) is 66.6 Å². The summed E-state index contributed by atoms with van der Waals surface area (Å²) in [7, 11) is 0. The molecule has 0 unspecified atom stereocenters. The highest BCUT2D eigenvalue weighted by Gasteiger charge is 2.30. The van der Waals surface area contributed by atoms with E-state index in [0.717, 1.165) is 28.8 Å². The Balaban J connectivity index is 0.00000300. The second-order valence-corrected chi connectivity index (χ2v) is 6.25. The smallest absolute Gasteiger partial charge is 0.416 e. The topological polar surface area (TPSA) is 65.2 Å². The van der Waals surface area contributed by atoms with Crippen LogP contribution in [0.1, 0.15) is 27.0 Å². The van der Waals surface area contributed by atoms with Crippen LogP contribution >= 0.6 is 12.4 Å². The molecule has 152 valence electrons. The molecule has 1 amide bonds. The highest BCUT2D eigenvalue weighted by atomic mass is 35.5. The highest BCUT2D eigenvalue weighted by molar-refractivity contribution is 5.94. The van der Waals surface area contributed by atoms with Crippen molar-refractivity contribution in [1.82, 2.24) is 4.98 Å². The van der Waals surface area contributed by atoms with Gasteiger partial charge in [-0.3, -0.25) is 9.78 Å². The lowest BCUT2D eigenvalue weighted by atomic mass is 10.0. The summed E-state index contributed by atoms with van der Waals surface area (Å²) < 4.78 is 43.4. The minimum absolute atomic E-state index is 0. The Kier molecular flexibility index (Phi) is 6.87. The average Bonchev–Trinajstić information content (AvgIpc) is 2.66. The van der Waals surface area contributed by atoms with E-state index in [9.17, 15) is 18.0 Å². The largest absolute Gasteiger partial charge is 0.489 e. The summed E-state index contributed by atoms with van der Waals surface area (Å²) in [5, 5.41) is 0. The van der Waals surface area contributed by atoms with Crippen molar-refractivity contribution in [3.63, 3.8) is 0 Å². The van der Waals surface area contributed by atoms with Crippen molar-refractivity contribution in [2.24, 2.45) is 5.73 Å². The first-order chi connectivity index (χ1) is 13.2. The SMILES string of the molecule is Cc1cc(-c2cc(COc3ccc(C(F)(F)F)cc3)ccn2)ccc1C(N)=O.Cl. The van der Waals surface area contributed by atoms with Crippen molar-refractivity contribution in [3.05, 3.63) is 83.0 Å². The van der Waals surface area contributed by atoms with E-state index in [4.69, 9.17) is 10.5 Å². The van der Waals surface area contributed by atoms with Crippen molar-refractivity contribution in [2.75, 3.05) is 0 Å². The molecule has 0 bridgehead atoms. The van der Waals surface area contributed by atoms with Gasteiger partial charge in [-0.25, -0.2) is 0 Å². The number of hydrogen-bond acceptors (Lipinski definition) is 3. The number of nitrogens with zero attached hydrogens (tertiary/aromatic N) is 1. The molecule has 0 saturated carbocycles. The Labute approximate surface area is 171 Å². The van der Waals surface area contributed by atoms with Gasteiger partial charge in [-0.1, -0.05) is 6.07 Å². The number of hydrogen-bond donors (Lipinski definition) is 1. The minimum atomic E-state index is -4.37.